The van der Waals surface area contributed by atoms with Gasteiger partial charge in [-0.05, 0) is 24.3 Å². The lowest BCUT2D eigenvalue weighted by molar-refractivity contribution is -0.116. The molecule has 7 heteroatoms. The van der Waals surface area contributed by atoms with Crippen LogP contribution in [0.1, 0.15) is 0 Å². The number of halogens is 1. The molecule has 0 aliphatic heterocycles. The number of rotatable bonds is 3. The van der Waals surface area contributed by atoms with Gasteiger partial charge >= 0.3 is 0 Å². The number of fused-ring (bicyclic) bond motifs is 2. The molecule has 4 aromatic rings. The minimum atomic E-state index is -0.382. The van der Waals surface area contributed by atoms with E-state index in [0.717, 1.165) is 10.9 Å². The number of amides is 1. The van der Waals surface area contributed by atoms with E-state index in [0.29, 0.717) is 16.7 Å². The summed E-state index contributed by atoms with van der Waals surface area (Å²) in [5.41, 5.74) is 1.53. The van der Waals surface area contributed by atoms with Crippen molar-refractivity contribution in [1.29, 1.82) is 0 Å². The molecule has 0 bridgehead atoms. The molecule has 0 fully saturated rings. The summed E-state index contributed by atoms with van der Waals surface area (Å²) < 4.78 is 15.0. The number of aromatic nitrogens is 4. The first-order valence-electron chi connectivity index (χ1n) is 7.05. The zero-order valence-electron chi connectivity index (χ0n) is 12.0. The Morgan fingerprint density at radius 1 is 1.26 bits per heavy atom. The second kappa shape index (κ2) is 5.20. The summed E-state index contributed by atoms with van der Waals surface area (Å²) in [6.45, 7) is 0.0528. The van der Waals surface area contributed by atoms with E-state index in [1.807, 2.05) is 24.3 Å². The molecule has 0 atom stereocenters. The summed E-state index contributed by atoms with van der Waals surface area (Å²) in [5, 5.41) is 15.2. The highest BCUT2D eigenvalue weighted by atomic mass is 19.1. The fraction of sp³-hybridized carbons (Fsp3) is 0.0625. The van der Waals surface area contributed by atoms with Crippen LogP contribution < -0.4 is 5.32 Å². The van der Waals surface area contributed by atoms with E-state index in [4.69, 9.17) is 0 Å². The molecule has 0 saturated heterocycles. The zero-order chi connectivity index (χ0) is 15.8. The molecule has 2 aromatic carbocycles. The van der Waals surface area contributed by atoms with E-state index in [1.165, 1.54) is 12.1 Å². The van der Waals surface area contributed by atoms with Crippen LogP contribution >= 0.6 is 0 Å². The van der Waals surface area contributed by atoms with E-state index in [1.54, 1.807) is 16.9 Å². The Morgan fingerprint density at radius 2 is 2.13 bits per heavy atom. The largest absolute Gasteiger partial charge is 0.307 e. The quantitative estimate of drug-likeness (QED) is 0.611. The lowest BCUT2D eigenvalue weighted by Gasteiger charge is -2.04. The van der Waals surface area contributed by atoms with Crippen molar-refractivity contribution in [3.63, 3.8) is 0 Å². The monoisotopic (exact) mass is 309 g/mol. The number of nitrogens with one attached hydrogen (secondary N) is 2. The second-order valence-electron chi connectivity index (χ2n) is 5.17. The first-order chi connectivity index (χ1) is 11.2. The Morgan fingerprint density at radius 3 is 3.04 bits per heavy atom. The molecule has 23 heavy (non-hydrogen) atoms. The molecule has 2 heterocycles. The van der Waals surface area contributed by atoms with Crippen molar-refractivity contribution in [3.05, 3.63) is 54.5 Å². The first kappa shape index (κ1) is 13.4. The van der Waals surface area contributed by atoms with E-state index in [9.17, 15) is 9.18 Å². The van der Waals surface area contributed by atoms with Crippen LogP contribution in [0.5, 0.6) is 0 Å². The van der Waals surface area contributed by atoms with Gasteiger partial charge in [0.05, 0.1) is 17.2 Å². The lowest BCUT2D eigenvalue weighted by Crippen LogP contribution is -2.19. The number of anilines is 1. The number of aromatic amines is 1. The number of carbonyl (C=O) groups is 1. The maximum Gasteiger partial charge on any atom is 0.247 e. The standard InChI is InChI=1S/C16H12FN5O/c17-11-5-6-13-12(7-11)16(21-20-13)19-15(23)9-22-14-4-2-1-3-10(14)8-18-22/h1-8H,9H2,(H2,19,20,21,23). The molecule has 2 N–H and O–H groups in total. The molecule has 0 unspecified atom stereocenters. The topological polar surface area (TPSA) is 75.6 Å². The van der Waals surface area contributed by atoms with Crippen LogP contribution in [0.2, 0.25) is 0 Å². The number of carbonyl (C=O) groups excluding carboxylic acids is 1. The van der Waals surface area contributed by atoms with Gasteiger partial charge in [0.2, 0.25) is 5.91 Å². The summed E-state index contributed by atoms with van der Waals surface area (Å²) in [4.78, 5) is 12.2. The van der Waals surface area contributed by atoms with Crippen molar-refractivity contribution >= 4 is 33.5 Å². The Hall–Kier alpha value is -3.22. The van der Waals surface area contributed by atoms with Gasteiger partial charge in [-0.15, -0.1) is 0 Å². The van der Waals surface area contributed by atoms with E-state index < -0.39 is 0 Å². The molecular formula is C16H12FN5O. The average molecular weight is 309 g/mol. The molecule has 2 aromatic heterocycles. The van der Waals surface area contributed by atoms with Crippen LogP contribution in [0.4, 0.5) is 10.2 Å². The van der Waals surface area contributed by atoms with E-state index in [2.05, 4.69) is 20.6 Å². The number of nitrogens with zero attached hydrogens (tertiary/aromatic N) is 3. The summed E-state index contributed by atoms with van der Waals surface area (Å²) in [6.07, 6.45) is 1.71. The fourth-order valence-corrected chi connectivity index (χ4v) is 2.54. The lowest BCUT2D eigenvalue weighted by atomic mass is 10.2. The third-order valence-corrected chi connectivity index (χ3v) is 3.63. The van der Waals surface area contributed by atoms with Crippen molar-refractivity contribution in [3.8, 4) is 0 Å². The molecule has 0 aliphatic rings. The van der Waals surface area contributed by atoms with Crippen LogP contribution in [0.3, 0.4) is 0 Å². The van der Waals surface area contributed by atoms with Gasteiger partial charge in [-0.25, -0.2) is 4.39 Å². The molecule has 1 amide bonds. The number of para-hydroxylation sites is 1. The predicted octanol–water partition coefficient (Wildman–Crippen LogP) is 2.69. The van der Waals surface area contributed by atoms with Crippen molar-refractivity contribution in [1.82, 2.24) is 20.0 Å². The Kier molecular flexibility index (Phi) is 3.04. The van der Waals surface area contributed by atoms with Crippen LogP contribution in [0.15, 0.2) is 48.7 Å². The van der Waals surface area contributed by atoms with Gasteiger partial charge in [0.15, 0.2) is 5.82 Å². The minimum Gasteiger partial charge on any atom is -0.307 e. The van der Waals surface area contributed by atoms with Gasteiger partial charge in [0.1, 0.15) is 12.4 Å². The smallest absolute Gasteiger partial charge is 0.247 e. The third-order valence-electron chi connectivity index (χ3n) is 3.63. The Balaban J connectivity index is 1.58. The normalized spacial score (nSPS) is 11.2. The van der Waals surface area contributed by atoms with Crippen molar-refractivity contribution in [2.75, 3.05) is 5.32 Å². The number of benzene rings is 2. The van der Waals surface area contributed by atoms with Crippen LogP contribution in [-0.2, 0) is 11.3 Å². The average Bonchev–Trinajstić information content (AvgIpc) is 3.12. The zero-order valence-corrected chi connectivity index (χ0v) is 12.0. The van der Waals surface area contributed by atoms with Gasteiger partial charge in [-0.3, -0.25) is 14.6 Å². The van der Waals surface area contributed by atoms with Gasteiger partial charge in [0, 0.05) is 10.8 Å². The second-order valence-corrected chi connectivity index (χ2v) is 5.17. The number of H-pyrrole nitrogens is 1. The summed E-state index contributed by atoms with van der Waals surface area (Å²) in [5.74, 6) is -0.357. The van der Waals surface area contributed by atoms with Crippen molar-refractivity contribution in [2.24, 2.45) is 0 Å². The molecule has 0 radical (unpaired) electrons. The van der Waals surface area contributed by atoms with E-state index >= 15 is 0 Å². The SMILES string of the molecule is O=C(Cn1ncc2ccccc21)Nc1n[nH]c2ccc(F)cc12. The maximum atomic E-state index is 13.3. The summed E-state index contributed by atoms with van der Waals surface area (Å²) in [7, 11) is 0. The highest BCUT2D eigenvalue weighted by Crippen LogP contribution is 2.21. The maximum absolute atomic E-state index is 13.3. The van der Waals surface area contributed by atoms with E-state index in [-0.39, 0.29) is 18.3 Å². The van der Waals surface area contributed by atoms with Gasteiger partial charge < -0.3 is 5.32 Å². The predicted molar refractivity (Wildman–Crippen MR) is 84.4 cm³/mol. The first-order valence-corrected chi connectivity index (χ1v) is 7.05. The van der Waals surface area contributed by atoms with Gasteiger partial charge in [0.25, 0.3) is 0 Å². The highest BCUT2D eigenvalue weighted by molar-refractivity contribution is 5.99. The molecule has 0 aliphatic carbocycles. The molecule has 114 valence electrons. The van der Waals surface area contributed by atoms with Crippen LogP contribution in [-0.4, -0.2) is 25.9 Å². The van der Waals surface area contributed by atoms with Crippen molar-refractivity contribution in [2.45, 2.75) is 6.54 Å². The third kappa shape index (κ3) is 2.42. The van der Waals surface area contributed by atoms with Crippen LogP contribution in [0, 0.1) is 5.82 Å². The van der Waals surface area contributed by atoms with Gasteiger partial charge in [-0.2, -0.15) is 10.2 Å². The minimum absolute atomic E-state index is 0.0528. The fourth-order valence-electron chi connectivity index (χ4n) is 2.54. The molecule has 4 rings (SSSR count). The van der Waals surface area contributed by atoms with Crippen LogP contribution in [0.25, 0.3) is 21.8 Å². The number of hydrogen-bond donors (Lipinski definition) is 2. The number of hydrogen-bond acceptors (Lipinski definition) is 3. The van der Waals surface area contributed by atoms with Crippen molar-refractivity contribution < 1.29 is 9.18 Å². The highest BCUT2D eigenvalue weighted by Gasteiger charge is 2.12. The Labute approximate surface area is 129 Å². The molecule has 0 spiro atoms. The summed E-state index contributed by atoms with van der Waals surface area (Å²) in [6, 6.07) is 11.9. The summed E-state index contributed by atoms with van der Waals surface area (Å²) >= 11 is 0. The molecule has 0 saturated carbocycles. The Bertz CT molecular complexity index is 1020. The molecule has 6 nitrogen and oxygen atoms in total. The molecular weight excluding hydrogens is 297 g/mol. The van der Waals surface area contributed by atoms with Gasteiger partial charge in [-0.1, -0.05) is 18.2 Å².